The summed E-state index contributed by atoms with van der Waals surface area (Å²) < 4.78 is 13.0. The van der Waals surface area contributed by atoms with Crippen LogP contribution in [0.5, 0.6) is 0 Å². The third-order valence-corrected chi connectivity index (χ3v) is 4.84. The number of piperazine rings is 1. The Hall–Kier alpha value is -2.51. The molecule has 3 rings (SSSR count). The highest BCUT2D eigenvalue weighted by Gasteiger charge is 2.14. The van der Waals surface area contributed by atoms with Gasteiger partial charge in [0.05, 0.1) is 0 Å². The van der Waals surface area contributed by atoms with E-state index in [9.17, 15) is 14.0 Å². The van der Waals surface area contributed by atoms with E-state index in [1.807, 2.05) is 0 Å². The second kappa shape index (κ2) is 8.92. The molecule has 0 saturated carbocycles. The number of hydrogen-bond acceptors (Lipinski definition) is 4. The Balaban J connectivity index is 1.51. The fourth-order valence-corrected chi connectivity index (χ4v) is 3.12. The number of carbonyl (C=O) groups excluding carboxylic acids is 1. The van der Waals surface area contributed by atoms with Crippen LogP contribution in [0.4, 0.5) is 4.39 Å². The van der Waals surface area contributed by atoms with Gasteiger partial charge in [-0.2, -0.15) is 0 Å². The number of likely N-dealkylation sites (N-methyl/N-ethyl adjacent to an activating group) is 1. The molecule has 0 aliphatic carbocycles. The molecule has 0 spiro atoms. The molecule has 1 aliphatic heterocycles. The van der Waals surface area contributed by atoms with Crippen molar-refractivity contribution >= 4 is 5.91 Å². The molecular formula is C20H25FN4O2. The van der Waals surface area contributed by atoms with Crippen molar-refractivity contribution < 1.29 is 9.18 Å². The first-order valence-electron chi connectivity index (χ1n) is 9.21. The Morgan fingerprint density at radius 1 is 1.11 bits per heavy atom. The maximum absolute atomic E-state index is 13.0. The standard InChI is InChI=1S/C20H25FN4O2/c1-24-11-13-25(14-12-24)10-2-9-22-19(26)17-7-8-18(23-20(17)27)15-3-5-16(21)6-4-15/h3-8H,2,9-14H2,1H3,(H,22,26)(H,23,27). The SMILES string of the molecule is CN1CCN(CCCNC(=O)c2ccc(-c3ccc(F)cc3)[nH]c2=O)CC1. The van der Waals surface area contributed by atoms with Gasteiger partial charge < -0.3 is 20.1 Å². The number of nitrogens with zero attached hydrogens (tertiary/aromatic N) is 2. The molecule has 1 fully saturated rings. The molecule has 0 unspecified atom stereocenters. The minimum atomic E-state index is -0.451. The molecule has 2 N–H and O–H groups in total. The monoisotopic (exact) mass is 372 g/mol. The van der Waals surface area contributed by atoms with E-state index < -0.39 is 5.56 Å². The Morgan fingerprint density at radius 3 is 2.48 bits per heavy atom. The van der Waals surface area contributed by atoms with Crippen LogP contribution in [0, 0.1) is 5.82 Å². The first kappa shape index (κ1) is 19.3. The van der Waals surface area contributed by atoms with Gasteiger partial charge >= 0.3 is 0 Å². The predicted octanol–water partition coefficient (Wildman–Crippen LogP) is 1.55. The van der Waals surface area contributed by atoms with Gasteiger partial charge in [-0.3, -0.25) is 9.59 Å². The molecule has 6 nitrogen and oxygen atoms in total. The first-order valence-corrected chi connectivity index (χ1v) is 9.21. The van der Waals surface area contributed by atoms with E-state index >= 15 is 0 Å². The topological polar surface area (TPSA) is 68.4 Å². The predicted molar refractivity (Wildman–Crippen MR) is 103 cm³/mol. The van der Waals surface area contributed by atoms with Crippen LogP contribution in [0.3, 0.4) is 0 Å². The Labute approximate surface area is 158 Å². The van der Waals surface area contributed by atoms with Gasteiger partial charge in [0, 0.05) is 38.4 Å². The van der Waals surface area contributed by atoms with Crippen LogP contribution in [-0.2, 0) is 0 Å². The molecule has 1 aromatic heterocycles. The first-order chi connectivity index (χ1) is 13.0. The highest BCUT2D eigenvalue weighted by Crippen LogP contribution is 2.16. The van der Waals surface area contributed by atoms with E-state index in [1.165, 1.54) is 18.2 Å². The van der Waals surface area contributed by atoms with Crippen molar-refractivity contribution in [1.29, 1.82) is 0 Å². The maximum atomic E-state index is 13.0. The lowest BCUT2D eigenvalue weighted by Gasteiger charge is -2.32. The normalized spacial score (nSPS) is 15.6. The van der Waals surface area contributed by atoms with Crippen molar-refractivity contribution in [3.05, 3.63) is 58.1 Å². The van der Waals surface area contributed by atoms with Crippen molar-refractivity contribution in [2.24, 2.45) is 0 Å². The lowest BCUT2D eigenvalue weighted by Crippen LogP contribution is -2.45. The van der Waals surface area contributed by atoms with Gasteiger partial charge in [0.25, 0.3) is 11.5 Å². The van der Waals surface area contributed by atoms with Crippen molar-refractivity contribution in [3.63, 3.8) is 0 Å². The molecule has 2 aromatic rings. The molecule has 0 atom stereocenters. The summed E-state index contributed by atoms with van der Waals surface area (Å²) in [6, 6.07) is 8.99. The molecule has 1 aliphatic rings. The van der Waals surface area contributed by atoms with Gasteiger partial charge in [-0.1, -0.05) is 0 Å². The number of rotatable bonds is 6. The van der Waals surface area contributed by atoms with Crippen LogP contribution in [-0.4, -0.2) is 67.0 Å². The summed E-state index contributed by atoms with van der Waals surface area (Å²) in [5.74, 6) is -0.714. The van der Waals surface area contributed by atoms with Crippen LogP contribution in [0.25, 0.3) is 11.3 Å². The zero-order valence-electron chi connectivity index (χ0n) is 15.5. The van der Waals surface area contributed by atoms with E-state index in [-0.39, 0.29) is 17.3 Å². The average molecular weight is 372 g/mol. The molecule has 1 aromatic carbocycles. The highest BCUT2D eigenvalue weighted by atomic mass is 19.1. The summed E-state index contributed by atoms with van der Waals surface area (Å²) in [7, 11) is 2.12. The molecule has 144 valence electrons. The lowest BCUT2D eigenvalue weighted by atomic mass is 10.1. The number of amides is 1. The summed E-state index contributed by atoms with van der Waals surface area (Å²) in [6.45, 7) is 5.71. The van der Waals surface area contributed by atoms with Crippen LogP contribution in [0.15, 0.2) is 41.2 Å². The van der Waals surface area contributed by atoms with Gasteiger partial charge in [-0.15, -0.1) is 0 Å². The Bertz CT molecular complexity index is 827. The smallest absolute Gasteiger partial charge is 0.261 e. The summed E-state index contributed by atoms with van der Waals surface area (Å²) in [5.41, 5.74) is 0.869. The van der Waals surface area contributed by atoms with E-state index in [2.05, 4.69) is 27.1 Å². The van der Waals surface area contributed by atoms with E-state index in [0.29, 0.717) is 17.8 Å². The average Bonchev–Trinajstić information content (AvgIpc) is 2.67. The number of benzene rings is 1. The van der Waals surface area contributed by atoms with Crippen molar-refractivity contribution in [3.8, 4) is 11.3 Å². The molecule has 1 saturated heterocycles. The molecule has 7 heteroatoms. The molecular weight excluding hydrogens is 347 g/mol. The molecule has 27 heavy (non-hydrogen) atoms. The Morgan fingerprint density at radius 2 is 1.81 bits per heavy atom. The number of hydrogen-bond donors (Lipinski definition) is 2. The van der Waals surface area contributed by atoms with E-state index in [0.717, 1.165) is 39.1 Å². The minimum absolute atomic E-state index is 0.0838. The van der Waals surface area contributed by atoms with Gasteiger partial charge in [-0.05, 0) is 62.0 Å². The number of nitrogens with one attached hydrogen (secondary N) is 2. The van der Waals surface area contributed by atoms with Crippen LogP contribution < -0.4 is 10.9 Å². The number of pyridine rings is 1. The quantitative estimate of drug-likeness (QED) is 0.755. The van der Waals surface area contributed by atoms with Crippen molar-refractivity contribution in [2.75, 3.05) is 46.3 Å². The number of H-pyrrole nitrogens is 1. The summed E-state index contributed by atoms with van der Waals surface area (Å²) >= 11 is 0. The fraction of sp³-hybridized carbons (Fsp3) is 0.400. The molecule has 1 amide bonds. The third kappa shape index (κ3) is 5.24. The maximum Gasteiger partial charge on any atom is 0.261 e. The van der Waals surface area contributed by atoms with Gasteiger partial charge in [0.1, 0.15) is 11.4 Å². The minimum Gasteiger partial charge on any atom is -0.352 e. The lowest BCUT2D eigenvalue weighted by molar-refractivity contribution is 0.0948. The van der Waals surface area contributed by atoms with Gasteiger partial charge in [-0.25, -0.2) is 4.39 Å². The number of aromatic amines is 1. The van der Waals surface area contributed by atoms with Crippen LogP contribution >= 0.6 is 0 Å². The summed E-state index contributed by atoms with van der Waals surface area (Å²) in [6.07, 6.45) is 0.848. The second-order valence-corrected chi connectivity index (χ2v) is 6.88. The van der Waals surface area contributed by atoms with Crippen molar-refractivity contribution in [1.82, 2.24) is 20.1 Å². The number of carbonyl (C=O) groups is 1. The third-order valence-electron chi connectivity index (χ3n) is 4.84. The highest BCUT2D eigenvalue weighted by molar-refractivity contribution is 5.94. The molecule has 0 bridgehead atoms. The molecule has 2 heterocycles. The van der Waals surface area contributed by atoms with E-state index in [1.54, 1.807) is 18.2 Å². The molecule has 0 radical (unpaired) electrons. The van der Waals surface area contributed by atoms with E-state index in [4.69, 9.17) is 0 Å². The van der Waals surface area contributed by atoms with Crippen LogP contribution in [0.1, 0.15) is 16.8 Å². The summed E-state index contributed by atoms with van der Waals surface area (Å²) in [4.78, 5) is 31.9. The zero-order valence-corrected chi connectivity index (χ0v) is 15.5. The number of halogens is 1. The van der Waals surface area contributed by atoms with Crippen molar-refractivity contribution in [2.45, 2.75) is 6.42 Å². The number of aromatic nitrogens is 1. The Kier molecular flexibility index (Phi) is 6.36. The summed E-state index contributed by atoms with van der Waals surface area (Å²) in [5, 5.41) is 2.81. The largest absolute Gasteiger partial charge is 0.352 e. The second-order valence-electron chi connectivity index (χ2n) is 6.88. The zero-order chi connectivity index (χ0) is 19.2. The van der Waals surface area contributed by atoms with Gasteiger partial charge in [0.2, 0.25) is 0 Å². The van der Waals surface area contributed by atoms with Crippen LogP contribution in [0.2, 0.25) is 0 Å². The van der Waals surface area contributed by atoms with Gasteiger partial charge in [0.15, 0.2) is 0 Å². The fourth-order valence-electron chi connectivity index (χ4n) is 3.12.